The molecule has 0 heterocycles. The number of nitrogens with one attached hydrogen (secondary N) is 1. The van der Waals surface area contributed by atoms with Gasteiger partial charge in [0.1, 0.15) is 12.6 Å². The van der Waals surface area contributed by atoms with Crippen LogP contribution in [0.25, 0.3) is 0 Å². The average Bonchev–Trinajstić information content (AvgIpc) is 3.08. The summed E-state index contributed by atoms with van der Waals surface area (Å²) in [5.74, 6) is -0.423. The van der Waals surface area contributed by atoms with Gasteiger partial charge in [0.15, 0.2) is 11.5 Å². The highest BCUT2D eigenvalue weighted by molar-refractivity contribution is 7.92. The van der Waals surface area contributed by atoms with Gasteiger partial charge in [0.05, 0.1) is 24.8 Å². The minimum atomic E-state index is -4.38. The van der Waals surface area contributed by atoms with E-state index in [9.17, 15) is 18.0 Å². The summed E-state index contributed by atoms with van der Waals surface area (Å²) < 4.78 is 40.9. The van der Waals surface area contributed by atoms with Gasteiger partial charge in [-0.3, -0.25) is 13.9 Å². The Bertz CT molecular complexity index is 1900. The molecule has 0 unspecified atom stereocenters. The number of nitrogens with zero attached hydrogens (tertiary/aromatic N) is 2. The van der Waals surface area contributed by atoms with E-state index >= 15 is 0 Å². The van der Waals surface area contributed by atoms with Crippen LogP contribution in [0, 0.1) is 13.8 Å². The number of ether oxygens (including phenoxy) is 2. The first-order valence-corrected chi connectivity index (χ1v) is 18.4. The summed E-state index contributed by atoms with van der Waals surface area (Å²) in [5.41, 5.74) is 3.26. The summed E-state index contributed by atoms with van der Waals surface area (Å²) in [4.78, 5) is 30.2. The zero-order valence-corrected chi connectivity index (χ0v) is 31.4. The van der Waals surface area contributed by atoms with Gasteiger partial charge in [-0.05, 0) is 85.8 Å². The highest BCUT2D eigenvalue weighted by Crippen LogP contribution is 2.33. The molecular weight excluding hydrogens is 697 g/mol. The molecule has 4 rings (SSSR count). The molecule has 2 atom stereocenters. The van der Waals surface area contributed by atoms with Crippen LogP contribution in [0.2, 0.25) is 10.0 Å². The van der Waals surface area contributed by atoms with Crippen molar-refractivity contribution in [2.24, 2.45) is 0 Å². The second kappa shape index (κ2) is 17.1. The van der Waals surface area contributed by atoms with E-state index in [2.05, 4.69) is 5.32 Å². The smallest absolute Gasteiger partial charge is 0.264 e. The van der Waals surface area contributed by atoms with E-state index in [0.717, 1.165) is 21.0 Å². The van der Waals surface area contributed by atoms with Crippen LogP contribution in [-0.4, -0.2) is 58.0 Å². The highest BCUT2D eigenvalue weighted by atomic mass is 35.5. The van der Waals surface area contributed by atoms with Crippen LogP contribution < -0.4 is 19.1 Å². The third kappa shape index (κ3) is 9.50. The molecule has 2 amide bonds. The zero-order valence-electron chi connectivity index (χ0n) is 29.1. The quantitative estimate of drug-likeness (QED) is 0.137. The number of halogens is 2. The number of carbonyl (C=O) groups is 2. The number of sulfonamides is 1. The number of methoxy groups -OCH3 is 2. The van der Waals surface area contributed by atoms with Crippen LogP contribution >= 0.6 is 23.2 Å². The van der Waals surface area contributed by atoms with Crippen molar-refractivity contribution in [2.45, 2.75) is 64.1 Å². The molecule has 50 heavy (non-hydrogen) atoms. The van der Waals surface area contributed by atoms with Crippen molar-refractivity contribution in [1.82, 2.24) is 10.2 Å². The Labute approximate surface area is 305 Å². The predicted molar refractivity (Wildman–Crippen MR) is 199 cm³/mol. The predicted octanol–water partition coefficient (Wildman–Crippen LogP) is 7.38. The molecule has 0 aliphatic carbocycles. The molecule has 0 aromatic heterocycles. The number of benzene rings is 4. The van der Waals surface area contributed by atoms with Crippen LogP contribution in [0.5, 0.6) is 11.5 Å². The van der Waals surface area contributed by atoms with E-state index in [0.29, 0.717) is 33.5 Å². The maximum Gasteiger partial charge on any atom is 0.264 e. The molecule has 1 N–H and O–H groups in total. The summed E-state index contributed by atoms with van der Waals surface area (Å²) in [6.07, 6.45) is 0.844. The molecule has 0 fully saturated rings. The zero-order chi connectivity index (χ0) is 36.6. The van der Waals surface area contributed by atoms with Gasteiger partial charge in [0.2, 0.25) is 11.8 Å². The molecular formula is C38H43Cl2N3O6S. The number of rotatable bonds is 15. The van der Waals surface area contributed by atoms with Crippen molar-refractivity contribution < 1.29 is 27.5 Å². The first-order valence-electron chi connectivity index (χ1n) is 16.2. The van der Waals surface area contributed by atoms with Crippen LogP contribution in [-0.2, 0) is 32.6 Å². The number of hydrogen-bond acceptors (Lipinski definition) is 6. The molecule has 0 aliphatic rings. The molecule has 0 saturated heterocycles. The van der Waals surface area contributed by atoms with Crippen molar-refractivity contribution in [3.8, 4) is 11.5 Å². The summed E-state index contributed by atoms with van der Waals surface area (Å²) >= 11 is 12.8. The highest BCUT2D eigenvalue weighted by Gasteiger charge is 2.35. The number of anilines is 1. The van der Waals surface area contributed by atoms with Gasteiger partial charge in [-0.1, -0.05) is 72.6 Å². The average molecular weight is 741 g/mol. The molecule has 266 valence electrons. The molecule has 9 nitrogen and oxygen atoms in total. The van der Waals surface area contributed by atoms with Gasteiger partial charge < -0.3 is 19.7 Å². The monoisotopic (exact) mass is 739 g/mol. The van der Waals surface area contributed by atoms with Crippen LogP contribution in [0.4, 0.5) is 5.69 Å². The fourth-order valence-electron chi connectivity index (χ4n) is 5.56. The van der Waals surface area contributed by atoms with Crippen molar-refractivity contribution in [1.29, 1.82) is 0 Å². The Morgan fingerprint density at radius 1 is 0.860 bits per heavy atom. The standard InChI is InChI=1S/C38H43Cl2N3O6S/c1-7-27(4)41-38(45)34(20-28-11-9-8-10-12-28)42(23-29-13-14-30(39)21-33(29)40)37(44)24-43(31-18-25(2)17-26(3)19-31)50(46,47)32-15-16-35(48-5)36(22-32)49-6/h8-19,21-22,27,34H,7,20,23-24H2,1-6H3,(H,41,45)/t27-,34+/m1/s1. The Morgan fingerprint density at radius 2 is 1.52 bits per heavy atom. The van der Waals surface area contributed by atoms with E-state index in [-0.39, 0.29) is 35.6 Å². The number of amides is 2. The first kappa shape index (κ1) is 38.6. The van der Waals surface area contributed by atoms with Crippen molar-refractivity contribution >= 4 is 50.7 Å². The normalized spacial score (nSPS) is 12.5. The second-order valence-corrected chi connectivity index (χ2v) is 14.9. The second-order valence-electron chi connectivity index (χ2n) is 12.2. The molecule has 0 bridgehead atoms. The van der Waals surface area contributed by atoms with E-state index in [1.54, 1.807) is 30.3 Å². The minimum Gasteiger partial charge on any atom is -0.493 e. The van der Waals surface area contributed by atoms with E-state index in [1.165, 1.54) is 37.3 Å². The first-order chi connectivity index (χ1) is 23.8. The minimum absolute atomic E-state index is 0.0860. The topological polar surface area (TPSA) is 105 Å². The van der Waals surface area contributed by atoms with E-state index < -0.39 is 28.5 Å². The van der Waals surface area contributed by atoms with Crippen molar-refractivity contribution in [3.63, 3.8) is 0 Å². The van der Waals surface area contributed by atoms with Crippen molar-refractivity contribution in [3.05, 3.63) is 117 Å². The molecule has 12 heteroatoms. The number of aryl methyl sites for hydroxylation is 2. The Hall–Kier alpha value is -4.25. The lowest BCUT2D eigenvalue weighted by molar-refractivity contribution is -0.140. The van der Waals surface area contributed by atoms with Gasteiger partial charge in [-0.15, -0.1) is 0 Å². The lowest BCUT2D eigenvalue weighted by atomic mass is 10.0. The maximum absolute atomic E-state index is 14.8. The molecule has 4 aromatic rings. The molecule has 0 saturated carbocycles. The van der Waals surface area contributed by atoms with E-state index in [1.807, 2.05) is 64.1 Å². The fourth-order valence-corrected chi connectivity index (χ4v) is 7.44. The maximum atomic E-state index is 14.8. The Balaban J connectivity index is 1.88. The van der Waals surface area contributed by atoms with E-state index in [4.69, 9.17) is 32.7 Å². The molecule has 0 radical (unpaired) electrons. The van der Waals surface area contributed by atoms with Gasteiger partial charge in [-0.25, -0.2) is 8.42 Å². The third-order valence-electron chi connectivity index (χ3n) is 8.34. The molecule has 0 spiro atoms. The molecule has 4 aromatic carbocycles. The third-order valence-corrected chi connectivity index (χ3v) is 10.7. The van der Waals surface area contributed by atoms with Crippen molar-refractivity contribution in [2.75, 3.05) is 25.1 Å². The van der Waals surface area contributed by atoms with Gasteiger partial charge in [0.25, 0.3) is 10.0 Å². The van der Waals surface area contributed by atoms with Gasteiger partial charge >= 0.3 is 0 Å². The lowest BCUT2D eigenvalue weighted by Crippen LogP contribution is -2.54. The summed E-state index contributed by atoms with van der Waals surface area (Å²) in [5, 5.41) is 3.75. The SMILES string of the molecule is CC[C@@H](C)NC(=O)[C@H](Cc1ccccc1)N(Cc1ccc(Cl)cc1Cl)C(=O)CN(c1cc(C)cc(C)c1)S(=O)(=O)c1ccc(OC)c(OC)c1. The number of carbonyl (C=O) groups excluding carboxylic acids is 2. The Morgan fingerprint density at radius 3 is 2.12 bits per heavy atom. The van der Waals surface area contributed by atoms with Gasteiger partial charge in [-0.2, -0.15) is 0 Å². The van der Waals surface area contributed by atoms with Gasteiger partial charge in [0, 0.05) is 35.1 Å². The summed E-state index contributed by atoms with van der Waals surface area (Å²) in [7, 11) is -1.51. The summed E-state index contributed by atoms with van der Waals surface area (Å²) in [6.45, 7) is 6.84. The number of hydrogen-bond donors (Lipinski definition) is 1. The van der Waals surface area contributed by atoms with Crippen LogP contribution in [0.1, 0.15) is 42.5 Å². The van der Waals surface area contributed by atoms with Crippen LogP contribution in [0.15, 0.2) is 89.8 Å². The fraction of sp³-hybridized carbons (Fsp3) is 0.316. The largest absolute Gasteiger partial charge is 0.493 e. The van der Waals surface area contributed by atoms with Crippen LogP contribution in [0.3, 0.4) is 0 Å². The molecule has 0 aliphatic heterocycles. The lowest BCUT2D eigenvalue weighted by Gasteiger charge is -2.34. The Kier molecular flexibility index (Phi) is 13.2. The summed E-state index contributed by atoms with van der Waals surface area (Å²) in [6, 6.07) is 22.7.